The van der Waals surface area contributed by atoms with E-state index in [0.717, 1.165) is 12.1 Å². The minimum atomic E-state index is -1.03. The molecule has 0 unspecified atom stereocenters. The van der Waals surface area contributed by atoms with E-state index < -0.39 is 11.6 Å². The summed E-state index contributed by atoms with van der Waals surface area (Å²) in [6.45, 7) is -0.461. The molecule has 1 aromatic heterocycles. The number of benzene rings is 1. The van der Waals surface area contributed by atoms with Gasteiger partial charge >= 0.3 is 0 Å². The summed E-state index contributed by atoms with van der Waals surface area (Å²) >= 11 is 0. The van der Waals surface area contributed by atoms with E-state index in [4.69, 9.17) is 15.2 Å². The van der Waals surface area contributed by atoms with E-state index in [9.17, 15) is 8.78 Å². The smallest absolute Gasteiger partial charge is 0.202 e. The maximum atomic E-state index is 13.4. The third-order valence-electron chi connectivity index (χ3n) is 2.73. The summed E-state index contributed by atoms with van der Waals surface area (Å²) in [5.74, 6) is -2.01. The number of aliphatic hydroxyl groups excluding tert-OH is 1. The Morgan fingerprint density at radius 3 is 2.68 bits per heavy atom. The van der Waals surface area contributed by atoms with Crippen molar-refractivity contribution in [3.05, 3.63) is 65.0 Å². The molecule has 0 saturated carbocycles. The second-order valence-electron chi connectivity index (χ2n) is 4.21. The first-order valence-electron chi connectivity index (χ1n) is 6.24. The molecule has 7 heteroatoms. The van der Waals surface area contributed by atoms with E-state index in [2.05, 4.69) is 10.1 Å². The summed E-state index contributed by atoms with van der Waals surface area (Å²) in [5, 5.41) is 21.2. The van der Waals surface area contributed by atoms with Gasteiger partial charge in [0.15, 0.2) is 11.6 Å². The van der Waals surface area contributed by atoms with Crippen molar-refractivity contribution in [2.45, 2.75) is 6.61 Å². The van der Waals surface area contributed by atoms with Gasteiger partial charge in [-0.25, -0.2) is 8.78 Å². The lowest BCUT2D eigenvalue weighted by atomic mass is 10.1. The SMILES string of the molecule is N#CCON=C(c1ccc(F)c(F)c1)c1ccc(CO)cn1. The number of oxime groups is 1. The maximum Gasteiger partial charge on any atom is 0.202 e. The van der Waals surface area contributed by atoms with E-state index in [1.165, 1.54) is 12.3 Å². The summed E-state index contributed by atoms with van der Waals surface area (Å²) in [6.07, 6.45) is 1.43. The van der Waals surface area contributed by atoms with Crippen molar-refractivity contribution < 1.29 is 18.7 Å². The Kier molecular flexibility index (Phi) is 5.11. The van der Waals surface area contributed by atoms with Crippen LogP contribution >= 0.6 is 0 Å². The Morgan fingerprint density at radius 2 is 2.09 bits per heavy atom. The van der Waals surface area contributed by atoms with Crippen molar-refractivity contribution in [3.8, 4) is 6.07 Å². The van der Waals surface area contributed by atoms with Crippen LogP contribution in [0.2, 0.25) is 0 Å². The highest BCUT2D eigenvalue weighted by Gasteiger charge is 2.13. The van der Waals surface area contributed by atoms with Gasteiger partial charge in [0, 0.05) is 11.8 Å². The van der Waals surface area contributed by atoms with Gasteiger partial charge in [-0.2, -0.15) is 5.26 Å². The molecule has 0 saturated heterocycles. The van der Waals surface area contributed by atoms with Crippen molar-refractivity contribution in [2.75, 3.05) is 6.61 Å². The van der Waals surface area contributed by atoms with Crippen LogP contribution in [0.15, 0.2) is 41.7 Å². The summed E-state index contributed by atoms with van der Waals surface area (Å²) in [4.78, 5) is 8.89. The average molecular weight is 303 g/mol. The van der Waals surface area contributed by atoms with Gasteiger partial charge < -0.3 is 9.94 Å². The van der Waals surface area contributed by atoms with Gasteiger partial charge in [0.2, 0.25) is 6.61 Å². The number of aliphatic hydroxyl groups is 1. The largest absolute Gasteiger partial charge is 0.392 e. The number of hydrogen-bond acceptors (Lipinski definition) is 5. The lowest BCUT2D eigenvalue weighted by molar-refractivity contribution is 0.179. The molecule has 1 heterocycles. The van der Waals surface area contributed by atoms with E-state index in [1.807, 2.05) is 0 Å². The van der Waals surface area contributed by atoms with Gasteiger partial charge in [-0.15, -0.1) is 0 Å². The lowest BCUT2D eigenvalue weighted by Gasteiger charge is -2.07. The molecule has 0 spiro atoms. The number of halogens is 2. The molecule has 22 heavy (non-hydrogen) atoms. The van der Waals surface area contributed by atoms with E-state index in [0.29, 0.717) is 11.3 Å². The van der Waals surface area contributed by atoms with E-state index in [-0.39, 0.29) is 24.5 Å². The molecular weight excluding hydrogens is 292 g/mol. The summed E-state index contributed by atoms with van der Waals surface area (Å²) in [5.41, 5.74) is 1.33. The minimum Gasteiger partial charge on any atom is -0.392 e. The van der Waals surface area contributed by atoms with Crippen LogP contribution in [0.25, 0.3) is 0 Å². The fraction of sp³-hybridized carbons (Fsp3) is 0.133. The standard InChI is InChI=1S/C15H11F2N3O2/c16-12-3-2-11(7-13(12)17)15(20-22-6-5-18)14-4-1-10(9-21)8-19-14/h1-4,7-8,21H,6,9H2. The van der Waals surface area contributed by atoms with Gasteiger partial charge in [-0.3, -0.25) is 4.98 Å². The second kappa shape index (κ2) is 7.24. The molecule has 0 amide bonds. The molecule has 112 valence electrons. The predicted octanol–water partition coefficient (Wildman–Crippen LogP) is 2.14. The molecule has 1 N–H and O–H groups in total. The zero-order valence-corrected chi connectivity index (χ0v) is 11.3. The molecule has 0 aliphatic carbocycles. The molecule has 2 aromatic rings. The average Bonchev–Trinajstić information content (AvgIpc) is 2.55. The zero-order chi connectivity index (χ0) is 15.9. The highest BCUT2D eigenvalue weighted by atomic mass is 19.2. The first kappa shape index (κ1) is 15.5. The van der Waals surface area contributed by atoms with Gasteiger partial charge in [-0.1, -0.05) is 11.2 Å². The molecule has 0 radical (unpaired) electrons. The first-order valence-corrected chi connectivity index (χ1v) is 6.24. The fourth-order valence-electron chi connectivity index (χ4n) is 1.67. The third-order valence-corrected chi connectivity index (χ3v) is 2.73. The molecular formula is C15H11F2N3O2. The van der Waals surface area contributed by atoms with Crippen molar-refractivity contribution in [1.29, 1.82) is 5.26 Å². The Balaban J connectivity index is 2.43. The first-order chi connectivity index (χ1) is 10.7. The van der Waals surface area contributed by atoms with E-state index >= 15 is 0 Å². The van der Waals surface area contributed by atoms with Crippen LogP contribution in [0.4, 0.5) is 8.78 Å². The molecule has 2 rings (SSSR count). The number of nitriles is 1. The zero-order valence-electron chi connectivity index (χ0n) is 11.3. The molecule has 0 aliphatic heterocycles. The van der Waals surface area contributed by atoms with Crippen LogP contribution in [0.5, 0.6) is 0 Å². The Hall–Kier alpha value is -2.85. The number of nitrogens with zero attached hydrogens (tertiary/aromatic N) is 3. The van der Waals surface area contributed by atoms with Crippen LogP contribution in [-0.2, 0) is 11.4 Å². The van der Waals surface area contributed by atoms with Crippen LogP contribution in [-0.4, -0.2) is 22.4 Å². The summed E-state index contributed by atoms with van der Waals surface area (Å²) in [6, 6.07) is 8.17. The summed E-state index contributed by atoms with van der Waals surface area (Å²) in [7, 11) is 0. The van der Waals surface area contributed by atoms with Gasteiger partial charge in [-0.05, 0) is 29.8 Å². The quantitative estimate of drug-likeness (QED) is 0.521. The van der Waals surface area contributed by atoms with Gasteiger partial charge in [0.05, 0.1) is 12.3 Å². The van der Waals surface area contributed by atoms with Crippen molar-refractivity contribution in [3.63, 3.8) is 0 Å². The number of hydrogen-bond donors (Lipinski definition) is 1. The fourth-order valence-corrected chi connectivity index (χ4v) is 1.67. The Morgan fingerprint density at radius 1 is 1.27 bits per heavy atom. The summed E-state index contributed by atoms with van der Waals surface area (Å²) < 4.78 is 26.4. The van der Waals surface area contributed by atoms with Gasteiger partial charge in [0.25, 0.3) is 0 Å². The molecule has 0 bridgehead atoms. The lowest BCUT2D eigenvalue weighted by Crippen LogP contribution is -2.08. The molecule has 5 nitrogen and oxygen atoms in total. The topological polar surface area (TPSA) is 78.5 Å². The highest BCUT2D eigenvalue weighted by Crippen LogP contribution is 2.14. The Labute approximate surface area is 125 Å². The van der Waals surface area contributed by atoms with Crippen LogP contribution in [0, 0.1) is 23.0 Å². The van der Waals surface area contributed by atoms with Crippen LogP contribution in [0.1, 0.15) is 16.8 Å². The predicted molar refractivity (Wildman–Crippen MR) is 73.7 cm³/mol. The van der Waals surface area contributed by atoms with Crippen LogP contribution < -0.4 is 0 Å². The number of rotatable bonds is 5. The highest BCUT2D eigenvalue weighted by molar-refractivity contribution is 6.11. The molecule has 1 aromatic carbocycles. The van der Waals surface area contributed by atoms with Crippen molar-refractivity contribution >= 4 is 5.71 Å². The molecule has 0 fully saturated rings. The third kappa shape index (κ3) is 3.62. The second-order valence-corrected chi connectivity index (χ2v) is 4.21. The van der Waals surface area contributed by atoms with Gasteiger partial charge in [0.1, 0.15) is 11.8 Å². The monoisotopic (exact) mass is 303 g/mol. The van der Waals surface area contributed by atoms with Crippen molar-refractivity contribution in [1.82, 2.24) is 4.98 Å². The number of pyridine rings is 1. The van der Waals surface area contributed by atoms with E-state index in [1.54, 1.807) is 18.2 Å². The number of aromatic nitrogens is 1. The maximum absolute atomic E-state index is 13.4. The van der Waals surface area contributed by atoms with Crippen molar-refractivity contribution in [2.24, 2.45) is 5.16 Å². The van der Waals surface area contributed by atoms with Crippen LogP contribution in [0.3, 0.4) is 0 Å². The minimum absolute atomic E-state index is 0.152. The molecule has 0 aliphatic rings. The Bertz CT molecular complexity index is 725. The molecule has 0 atom stereocenters. The normalized spacial score (nSPS) is 11.1.